The zero-order valence-corrected chi connectivity index (χ0v) is 13.4. The van der Waals surface area contributed by atoms with Gasteiger partial charge >= 0.3 is 0 Å². The third-order valence-corrected chi connectivity index (χ3v) is 4.07. The first-order valence-electron chi connectivity index (χ1n) is 6.26. The predicted octanol–water partition coefficient (Wildman–Crippen LogP) is 4.17. The predicted molar refractivity (Wildman–Crippen MR) is 79.8 cm³/mol. The van der Waals surface area contributed by atoms with Crippen LogP contribution in [0.1, 0.15) is 43.6 Å². The second-order valence-corrected chi connectivity index (χ2v) is 6.81. The van der Waals surface area contributed by atoms with Crippen LogP contribution >= 0.6 is 15.9 Å². The van der Waals surface area contributed by atoms with Gasteiger partial charge in [-0.1, -0.05) is 33.8 Å². The van der Waals surface area contributed by atoms with Crippen molar-refractivity contribution in [2.24, 2.45) is 11.3 Å². The van der Waals surface area contributed by atoms with Crippen molar-refractivity contribution < 1.29 is 4.79 Å². The fourth-order valence-corrected chi connectivity index (χ4v) is 2.12. The molecule has 0 saturated carbocycles. The molecule has 1 N–H and O–H groups in total. The Morgan fingerprint density at radius 2 is 2.00 bits per heavy atom. The molecule has 18 heavy (non-hydrogen) atoms. The Kier molecular flexibility index (Phi) is 4.97. The lowest BCUT2D eigenvalue weighted by atomic mass is 9.82. The molecule has 0 aromatic heterocycles. The molecule has 1 unspecified atom stereocenters. The van der Waals surface area contributed by atoms with Crippen molar-refractivity contribution in [1.82, 2.24) is 5.32 Å². The average Bonchev–Trinajstić information content (AvgIpc) is 2.24. The van der Waals surface area contributed by atoms with E-state index in [1.807, 2.05) is 25.1 Å². The molecule has 0 aliphatic rings. The van der Waals surface area contributed by atoms with Gasteiger partial charge < -0.3 is 5.32 Å². The number of hydrogen-bond donors (Lipinski definition) is 1. The maximum atomic E-state index is 12.1. The van der Waals surface area contributed by atoms with Gasteiger partial charge in [0.15, 0.2) is 0 Å². The summed E-state index contributed by atoms with van der Waals surface area (Å²) in [4.78, 5) is 12.1. The Morgan fingerprint density at radius 3 is 2.50 bits per heavy atom. The summed E-state index contributed by atoms with van der Waals surface area (Å²) in [5.41, 5.74) is 2.04. The van der Waals surface area contributed by atoms with E-state index in [-0.39, 0.29) is 11.3 Å². The van der Waals surface area contributed by atoms with E-state index < -0.39 is 0 Å². The van der Waals surface area contributed by atoms with E-state index in [4.69, 9.17) is 0 Å². The fourth-order valence-electron chi connectivity index (χ4n) is 1.45. The minimum atomic E-state index is -0.0158. The molecule has 0 aliphatic heterocycles. The lowest BCUT2D eigenvalue weighted by Gasteiger charge is -2.27. The molecule has 0 fully saturated rings. The number of carbonyl (C=O) groups is 1. The molecule has 0 bridgehead atoms. The van der Waals surface area contributed by atoms with Crippen LogP contribution in [0.5, 0.6) is 0 Å². The normalized spacial score (nSPS) is 13.2. The lowest BCUT2D eigenvalue weighted by Crippen LogP contribution is -2.33. The molecule has 0 radical (unpaired) electrons. The molecule has 1 rings (SSSR count). The summed E-state index contributed by atoms with van der Waals surface area (Å²) in [6, 6.07) is 5.77. The number of rotatable bonds is 3. The number of benzene rings is 1. The largest absolute Gasteiger partial charge is 0.352 e. The average molecular weight is 312 g/mol. The first-order chi connectivity index (χ1) is 8.21. The van der Waals surface area contributed by atoms with Crippen molar-refractivity contribution in [3.05, 3.63) is 33.8 Å². The molecular formula is C15H22BrNO. The van der Waals surface area contributed by atoms with Crippen molar-refractivity contribution in [2.45, 2.75) is 34.6 Å². The van der Waals surface area contributed by atoms with Gasteiger partial charge in [-0.2, -0.15) is 0 Å². The van der Waals surface area contributed by atoms with Gasteiger partial charge in [0.25, 0.3) is 5.91 Å². The molecule has 1 atom stereocenters. The van der Waals surface area contributed by atoms with Crippen LogP contribution in [0.25, 0.3) is 0 Å². The van der Waals surface area contributed by atoms with E-state index in [1.165, 1.54) is 0 Å². The number of amides is 1. The van der Waals surface area contributed by atoms with Gasteiger partial charge in [0.05, 0.1) is 5.56 Å². The van der Waals surface area contributed by atoms with Crippen LogP contribution in [0.3, 0.4) is 0 Å². The maximum Gasteiger partial charge on any atom is 0.252 e. The van der Waals surface area contributed by atoms with E-state index in [1.54, 1.807) is 0 Å². The fraction of sp³-hybridized carbons (Fsp3) is 0.533. The molecule has 1 amide bonds. The molecule has 2 nitrogen and oxygen atoms in total. The second kappa shape index (κ2) is 5.87. The summed E-state index contributed by atoms with van der Waals surface area (Å²) < 4.78 is 0.850. The third kappa shape index (κ3) is 4.13. The van der Waals surface area contributed by atoms with Gasteiger partial charge in [0.1, 0.15) is 0 Å². The molecule has 1 aromatic carbocycles. The van der Waals surface area contributed by atoms with Gasteiger partial charge in [-0.15, -0.1) is 0 Å². The quantitative estimate of drug-likeness (QED) is 0.892. The van der Waals surface area contributed by atoms with Crippen molar-refractivity contribution in [3.63, 3.8) is 0 Å². The highest BCUT2D eigenvalue weighted by atomic mass is 79.9. The Balaban J connectivity index is 2.66. The topological polar surface area (TPSA) is 29.1 Å². The van der Waals surface area contributed by atoms with Crippen LogP contribution in [0.2, 0.25) is 0 Å². The highest BCUT2D eigenvalue weighted by molar-refractivity contribution is 9.10. The molecule has 0 spiro atoms. The Hall–Kier alpha value is -0.830. The van der Waals surface area contributed by atoms with Gasteiger partial charge in [-0.05, 0) is 51.9 Å². The van der Waals surface area contributed by atoms with E-state index in [9.17, 15) is 4.79 Å². The summed E-state index contributed by atoms with van der Waals surface area (Å²) in [6.07, 6.45) is 0. The summed E-state index contributed by atoms with van der Waals surface area (Å²) in [7, 11) is 0. The number of halogens is 1. The van der Waals surface area contributed by atoms with Crippen LogP contribution in [0.15, 0.2) is 22.7 Å². The Bertz CT molecular complexity index is 435. The van der Waals surface area contributed by atoms with Gasteiger partial charge in [0.2, 0.25) is 0 Å². The van der Waals surface area contributed by atoms with E-state index >= 15 is 0 Å². The first-order valence-corrected chi connectivity index (χ1v) is 7.05. The van der Waals surface area contributed by atoms with Crippen LogP contribution in [0.4, 0.5) is 0 Å². The zero-order chi connectivity index (χ0) is 13.9. The van der Waals surface area contributed by atoms with Gasteiger partial charge in [-0.3, -0.25) is 4.79 Å². The summed E-state index contributed by atoms with van der Waals surface area (Å²) in [5.74, 6) is 0.420. The Morgan fingerprint density at radius 1 is 1.39 bits per heavy atom. The Labute approximate surface area is 118 Å². The number of aryl methyl sites for hydroxylation is 1. The maximum absolute atomic E-state index is 12.1. The molecule has 100 valence electrons. The molecule has 0 saturated heterocycles. The molecule has 1 aromatic rings. The summed E-state index contributed by atoms with van der Waals surface area (Å²) in [6.45, 7) is 11.4. The molecular weight excluding hydrogens is 290 g/mol. The minimum Gasteiger partial charge on any atom is -0.352 e. The summed E-state index contributed by atoms with van der Waals surface area (Å²) in [5, 5.41) is 3.00. The first kappa shape index (κ1) is 15.2. The highest BCUT2D eigenvalue weighted by Crippen LogP contribution is 2.24. The SMILES string of the molecule is Cc1ccc(C(=O)NCC(C)C(C)(C)C)c(Br)c1. The van der Waals surface area contributed by atoms with E-state index in [2.05, 4.69) is 48.9 Å². The monoisotopic (exact) mass is 311 g/mol. The smallest absolute Gasteiger partial charge is 0.252 e. The summed E-state index contributed by atoms with van der Waals surface area (Å²) >= 11 is 3.43. The number of carbonyl (C=O) groups excluding carboxylic acids is 1. The molecule has 0 aliphatic carbocycles. The van der Waals surface area contributed by atoms with Crippen molar-refractivity contribution in [2.75, 3.05) is 6.54 Å². The van der Waals surface area contributed by atoms with Crippen LogP contribution in [-0.4, -0.2) is 12.5 Å². The van der Waals surface area contributed by atoms with E-state index in [0.29, 0.717) is 18.0 Å². The van der Waals surface area contributed by atoms with Crippen molar-refractivity contribution in [1.29, 1.82) is 0 Å². The van der Waals surface area contributed by atoms with E-state index in [0.717, 1.165) is 10.0 Å². The standard InChI is InChI=1S/C15H22BrNO/c1-10-6-7-12(13(16)8-10)14(18)17-9-11(2)15(3,4)5/h6-8,11H,9H2,1-5H3,(H,17,18). The van der Waals surface area contributed by atoms with Crippen LogP contribution in [0, 0.1) is 18.3 Å². The molecule has 3 heteroatoms. The van der Waals surface area contributed by atoms with Gasteiger partial charge in [-0.25, -0.2) is 0 Å². The lowest BCUT2D eigenvalue weighted by molar-refractivity contribution is 0.0936. The van der Waals surface area contributed by atoms with Crippen molar-refractivity contribution >= 4 is 21.8 Å². The molecule has 0 heterocycles. The zero-order valence-electron chi connectivity index (χ0n) is 11.8. The van der Waals surface area contributed by atoms with Crippen molar-refractivity contribution in [3.8, 4) is 0 Å². The van der Waals surface area contributed by atoms with Crippen LogP contribution in [-0.2, 0) is 0 Å². The minimum absolute atomic E-state index is 0.0158. The van der Waals surface area contributed by atoms with Gasteiger partial charge in [0, 0.05) is 11.0 Å². The number of nitrogens with one attached hydrogen (secondary N) is 1. The third-order valence-electron chi connectivity index (χ3n) is 3.42. The number of hydrogen-bond acceptors (Lipinski definition) is 1. The highest BCUT2D eigenvalue weighted by Gasteiger charge is 2.20. The second-order valence-electron chi connectivity index (χ2n) is 5.96. The van der Waals surface area contributed by atoms with Crippen LogP contribution < -0.4 is 5.32 Å².